The maximum absolute atomic E-state index is 12.3. The molecular weight excluding hydrogens is 298 g/mol. The van der Waals surface area contributed by atoms with Gasteiger partial charge < -0.3 is 19.4 Å². The number of hydrogen-bond acceptors (Lipinski definition) is 5. The number of likely N-dealkylation sites (tertiary alicyclic amines) is 1. The maximum Gasteiger partial charge on any atom is 0.409 e. The highest BCUT2D eigenvalue weighted by molar-refractivity contribution is 5.79. The zero-order valence-electron chi connectivity index (χ0n) is 13.2. The fourth-order valence-corrected chi connectivity index (χ4v) is 3.12. The van der Waals surface area contributed by atoms with Gasteiger partial charge in [-0.1, -0.05) is 0 Å². The Labute approximate surface area is 135 Å². The monoisotopic (exact) mass is 321 g/mol. The molecular formula is C16H23N3O4. The molecule has 0 radical (unpaired) electrons. The second-order valence-corrected chi connectivity index (χ2v) is 6.05. The predicted octanol–water partition coefficient (Wildman–Crippen LogP) is 1.06. The summed E-state index contributed by atoms with van der Waals surface area (Å²) < 4.78 is 10.2. The molecule has 7 heteroatoms. The van der Waals surface area contributed by atoms with Crippen molar-refractivity contribution in [2.75, 3.05) is 39.3 Å². The smallest absolute Gasteiger partial charge is 0.409 e. The van der Waals surface area contributed by atoms with Gasteiger partial charge in [-0.15, -0.1) is 0 Å². The first-order valence-corrected chi connectivity index (χ1v) is 8.16. The van der Waals surface area contributed by atoms with E-state index >= 15 is 0 Å². The summed E-state index contributed by atoms with van der Waals surface area (Å²) in [6.45, 7) is 4.51. The van der Waals surface area contributed by atoms with Crippen LogP contribution in [0.4, 0.5) is 4.79 Å². The second kappa shape index (κ2) is 7.50. The van der Waals surface area contributed by atoms with Crippen LogP contribution in [0.5, 0.6) is 0 Å². The molecule has 0 spiro atoms. The highest BCUT2D eigenvalue weighted by Crippen LogP contribution is 2.19. The fraction of sp³-hybridized carbons (Fsp3) is 0.625. The number of cyclic esters (lactones) is 1. The molecule has 1 atom stereocenters. The molecule has 2 aliphatic heterocycles. The third-order valence-electron chi connectivity index (χ3n) is 4.36. The van der Waals surface area contributed by atoms with Crippen molar-refractivity contribution >= 4 is 12.0 Å². The van der Waals surface area contributed by atoms with Gasteiger partial charge >= 0.3 is 6.09 Å². The molecule has 0 unspecified atom stereocenters. The van der Waals surface area contributed by atoms with Crippen LogP contribution in [0.1, 0.15) is 18.6 Å². The summed E-state index contributed by atoms with van der Waals surface area (Å²) in [6, 6.07) is 3.84. The first-order chi connectivity index (χ1) is 11.2. The number of piperidine rings is 1. The summed E-state index contributed by atoms with van der Waals surface area (Å²) in [5.41, 5.74) is 0. The summed E-state index contributed by atoms with van der Waals surface area (Å²) in [4.78, 5) is 27.5. The number of nitrogens with one attached hydrogen (secondary N) is 1. The standard InChI is InChI=1S/C16H23N3O4/c20-15(17-5-7-19-8-10-23-16(19)21)13-3-1-6-18(11-13)12-14-4-2-9-22-14/h2,4,9,13H,1,3,5-8,10-12H2,(H,17,20)/t13-/m1/s1. The van der Waals surface area contributed by atoms with Gasteiger partial charge in [-0.05, 0) is 31.5 Å². The van der Waals surface area contributed by atoms with Gasteiger partial charge in [-0.3, -0.25) is 9.69 Å². The Balaban J connectivity index is 1.40. The van der Waals surface area contributed by atoms with Crippen molar-refractivity contribution in [1.29, 1.82) is 0 Å². The number of hydrogen-bond donors (Lipinski definition) is 1. The van der Waals surface area contributed by atoms with E-state index in [0.717, 1.165) is 38.2 Å². The second-order valence-electron chi connectivity index (χ2n) is 6.05. The average Bonchev–Trinajstić information content (AvgIpc) is 3.20. The Morgan fingerprint density at radius 1 is 1.39 bits per heavy atom. The van der Waals surface area contributed by atoms with Crippen LogP contribution in [0.3, 0.4) is 0 Å². The largest absolute Gasteiger partial charge is 0.468 e. The summed E-state index contributed by atoms with van der Waals surface area (Å²) in [5, 5.41) is 2.94. The molecule has 3 heterocycles. The highest BCUT2D eigenvalue weighted by atomic mass is 16.6. The molecule has 0 aliphatic carbocycles. The van der Waals surface area contributed by atoms with Crippen LogP contribution in [0.15, 0.2) is 22.8 Å². The van der Waals surface area contributed by atoms with E-state index in [1.165, 1.54) is 0 Å². The Morgan fingerprint density at radius 3 is 3.04 bits per heavy atom. The third kappa shape index (κ3) is 4.25. The Morgan fingerprint density at radius 2 is 2.30 bits per heavy atom. The van der Waals surface area contributed by atoms with E-state index in [-0.39, 0.29) is 17.9 Å². The first-order valence-electron chi connectivity index (χ1n) is 8.16. The average molecular weight is 321 g/mol. The molecule has 23 heavy (non-hydrogen) atoms. The van der Waals surface area contributed by atoms with E-state index in [0.29, 0.717) is 26.2 Å². The van der Waals surface area contributed by atoms with Crippen LogP contribution in [0, 0.1) is 5.92 Å². The van der Waals surface area contributed by atoms with Crippen molar-refractivity contribution in [3.05, 3.63) is 24.2 Å². The van der Waals surface area contributed by atoms with Crippen LogP contribution in [-0.4, -0.2) is 61.1 Å². The predicted molar refractivity (Wildman–Crippen MR) is 82.6 cm³/mol. The zero-order valence-corrected chi connectivity index (χ0v) is 13.2. The van der Waals surface area contributed by atoms with Crippen molar-refractivity contribution in [2.24, 2.45) is 5.92 Å². The maximum atomic E-state index is 12.3. The summed E-state index contributed by atoms with van der Waals surface area (Å²) in [5.74, 6) is 1.00. The minimum Gasteiger partial charge on any atom is -0.468 e. The molecule has 1 N–H and O–H groups in total. The van der Waals surface area contributed by atoms with Crippen LogP contribution in [0.2, 0.25) is 0 Å². The van der Waals surface area contributed by atoms with Gasteiger partial charge in [0.15, 0.2) is 0 Å². The molecule has 0 saturated carbocycles. The zero-order chi connectivity index (χ0) is 16.1. The number of rotatable bonds is 6. The van der Waals surface area contributed by atoms with Crippen LogP contribution in [0.25, 0.3) is 0 Å². The SMILES string of the molecule is O=C(NCCN1CCOC1=O)[C@@H]1CCCN(Cc2ccco2)C1. The van der Waals surface area contributed by atoms with E-state index in [4.69, 9.17) is 9.15 Å². The minimum atomic E-state index is -0.290. The summed E-state index contributed by atoms with van der Waals surface area (Å²) in [6.07, 6.45) is 3.30. The van der Waals surface area contributed by atoms with Gasteiger partial charge in [0, 0.05) is 19.6 Å². The van der Waals surface area contributed by atoms with Crippen LogP contribution < -0.4 is 5.32 Å². The molecule has 1 aromatic rings. The molecule has 126 valence electrons. The highest BCUT2D eigenvalue weighted by Gasteiger charge is 2.27. The van der Waals surface area contributed by atoms with E-state index in [1.54, 1.807) is 11.2 Å². The molecule has 2 fully saturated rings. The Bertz CT molecular complexity index is 531. The van der Waals surface area contributed by atoms with Crippen molar-refractivity contribution in [3.63, 3.8) is 0 Å². The number of amides is 2. The number of furan rings is 1. The molecule has 0 aromatic carbocycles. The number of ether oxygens (including phenoxy) is 1. The van der Waals surface area contributed by atoms with Gasteiger partial charge in [0.25, 0.3) is 0 Å². The topological polar surface area (TPSA) is 75.0 Å². The van der Waals surface area contributed by atoms with Crippen molar-refractivity contribution < 1.29 is 18.7 Å². The van der Waals surface area contributed by atoms with E-state index in [9.17, 15) is 9.59 Å². The number of carbonyl (C=O) groups excluding carboxylic acids is 2. The number of nitrogens with zero attached hydrogens (tertiary/aromatic N) is 2. The lowest BCUT2D eigenvalue weighted by Gasteiger charge is -2.31. The lowest BCUT2D eigenvalue weighted by molar-refractivity contribution is -0.126. The minimum absolute atomic E-state index is 0.00393. The third-order valence-corrected chi connectivity index (χ3v) is 4.36. The van der Waals surface area contributed by atoms with E-state index < -0.39 is 0 Å². The van der Waals surface area contributed by atoms with Crippen molar-refractivity contribution in [1.82, 2.24) is 15.1 Å². The molecule has 2 amide bonds. The van der Waals surface area contributed by atoms with E-state index in [2.05, 4.69) is 10.2 Å². The molecule has 0 bridgehead atoms. The van der Waals surface area contributed by atoms with Gasteiger partial charge in [-0.2, -0.15) is 0 Å². The molecule has 1 aromatic heterocycles. The van der Waals surface area contributed by atoms with Crippen molar-refractivity contribution in [2.45, 2.75) is 19.4 Å². The van der Waals surface area contributed by atoms with Gasteiger partial charge in [0.2, 0.25) is 5.91 Å². The van der Waals surface area contributed by atoms with Crippen LogP contribution >= 0.6 is 0 Å². The number of carbonyl (C=O) groups is 2. The lowest BCUT2D eigenvalue weighted by Crippen LogP contribution is -2.44. The van der Waals surface area contributed by atoms with E-state index in [1.807, 2.05) is 12.1 Å². The van der Waals surface area contributed by atoms with Crippen molar-refractivity contribution in [3.8, 4) is 0 Å². The summed E-state index contributed by atoms with van der Waals surface area (Å²) in [7, 11) is 0. The molecule has 2 aliphatic rings. The summed E-state index contributed by atoms with van der Waals surface area (Å²) >= 11 is 0. The van der Waals surface area contributed by atoms with Gasteiger partial charge in [0.1, 0.15) is 12.4 Å². The molecule has 3 rings (SSSR count). The van der Waals surface area contributed by atoms with Crippen LogP contribution in [-0.2, 0) is 16.1 Å². The Kier molecular flexibility index (Phi) is 5.17. The molecule has 2 saturated heterocycles. The Hall–Kier alpha value is -2.02. The lowest BCUT2D eigenvalue weighted by atomic mass is 9.97. The van der Waals surface area contributed by atoms with Gasteiger partial charge in [0.05, 0.1) is 25.3 Å². The molecule has 7 nitrogen and oxygen atoms in total. The quantitative estimate of drug-likeness (QED) is 0.848. The van der Waals surface area contributed by atoms with Gasteiger partial charge in [-0.25, -0.2) is 4.79 Å². The fourth-order valence-electron chi connectivity index (χ4n) is 3.12. The normalized spacial score (nSPS) is 22.2. The first kappa shape index (κ1) is 15.9.